The van der Waals surface area contributed by atoms with Crippen LogP contribution in [0.5, 0.6) is 0 Å². The van der Waals surface area contributed by atoms with Gasteiger partial charge in [-0.25, -0.2) is 0 Å². The van der Waals surface area contributed by atoms with Crippen molar-refractivity contribution < 1.29 is 22.4 Å². The third-order valence-corrected chi connectivity index (χ3v) is 2.24. The minimum atomic E-state index is -4.31. The van der Waals surface area contributed by atoms with Gasteiger partial charge in [0.15, 0.2) is 5.82 Å². The molecule has 1 heterocycles. The summed E-state index contributed by atoms with van der Waals surface area (Å²) in [6, 6.07) is 0. The summed E-state index contributed by atoms with van der Waals surface area (Å²) in [4.78, 5) is 4.07. The Morgan fingerprint density at radius 3 is 2.78 bits per heavy atom. The molecule has 1 unspecified atom stereocenters. The molecule has 1 atom stereocenters. The van der Waals surface area contributed by atoms with Crippen molar-refractivity contribution in [2.75, 3.05) is 19.8 Å². The predicted molar refractivity (Wildman–Crippen MR) is 57.0 cm³/mol. The highest BCUT2D eigenvalue weighted by Gasteiger charge is 2.27. The van der Waals surface area contributed by atoms with Crippen molar-refractivity contribution in [1.29, 1.82) is 0 Å². The lowest BCUT2D eigenvalue weighted by Crippen LogP contribution is -2.18. The van der Waals surface area contributed by atoms with Crippen molar-refractivity contribution in [3.8, 4) is 0 Å². The van der Waals surface area contributed by atoms with E-state index in [4.69, 9.17) is 10.3 Å². The van der Waals surface area contributed by atoms with Crippen LogP contribution in [0, 0.1) is 0 Å². The number of rotatable bonds is 7. The molecule has 104 valence electrons. The molecule has 0 aromatic carbocycles. The van der Waals surface area contributed by atoms with Crippen LogP contribution in [0.15, 0.2) is 4.52 Å². The molecule has 0 fully saturated rings. The molecule has 0 bridgehead atoms. The van der Waals surface area contributed by atoms with Gasteiger partial charge in [0.05, 0.1) is 6.61 Å². The van der Waals surface area contributed by atoms with Crippen LogP contribution in [0.3, 0.4) is 0 Å². The molecule has 0 aliphatic heterocycles. The van der Waals surface area contributed by atoms with E-state index in [1.165, 1.54) is 0 Å². The minimum absolute atomic E-state index is 0.0485. The van der Waals surface area contributed by atoms with Crippen molar-refractivity contribution in [2.24, 2.45) is 5.73 Å². The first kappa shape index (κ1) is 14.9. The van der Waals surface area contributed by atoms with Gasteiger partial charge in [0.2, 0.25) is 5.89 Å². The molecule has 0 spiro atoms. The molecule has 0 saturated heterocycles. The largest absolute Gasteiger partial charge is 0.411 e. The number of ether oxygens (including phenoxy) is 1. The fourth-order valence-electron chi connectivity index (χ4n) is 1.29. The van der Waals surface area contributed by atoms with Gasteiger partial charge in [0, 0.05) is 12.3 Å². The van der Waals surface area contributed by atoms with E-state index in [0.717, 1.165) is 0 Å². The molecule has 8 heteroatoms. The second-order valence-corrected chi connectivity index (χ2v) is 3.95. The van der Waals surface area contributed by atoms with Gasteiger partial charge >= 0.3 is 6.18 Å². The van der Waals surface area contributed by atoms with E-state index in [1.807, 2.05) is 6.92 Å². The van der Waals surface area contributed by atoms with Crippen LogP contribution in [0.2, 0.25) is 0 Å². The van der Waals surface area contributed by atoms with Crippen molar-refractivity contribution >= 4 is 0 Å². The maximum absolute atomic E-state index is 11.8. The van der Waals surface area contributed by atoms with E-state index in [1.54, 1.807) is 0 Å². The first-order chi connectivity index (χ1) is 8.42. The van der Waals surface area contributed by atoms with Crippen molar-refractivity contribution in [3.63, 3.8) is 0 Å². The van der Waals surface area contributed by atoms with Crippen molar-refractivity contribution in [2.45, 2.75) is 31.9 Å². The summed E-state index contributed by atoms with van der Waals surface area (Å²) in [5.74, 6) is 0.842. The van der Waals surface area contributed by atoms with Gasteiger partial charge in [-0.1, -0.05) is 12.1 Å². The number of alkyl halides is 3. The van der Waals surface area contributed by atoms with Crippen LogP contribution in [0.4, 0.5) is 13.2 Å². The molecule has 1 aromatic heterocycles. The Bertz CT molecular complexity index is 354. The predicted octanol–water partition coefficient (Wildman–Crippen LogP) is 1.64. The molecule has 1 rings (SSSR count). The van der Waals surface area contributed by atoms with Crippen LogP contribution in [-0.2, 0) is 11.2 Å². The zero-order valence-electron chi connectivity index (χ0n) is 10.0. The number of hydrogen-bond acceptors (Lipinski definition) is 5. The van der Waals surface area contributed by atoms with Crippen molar-refractivity contribution in [1.82, 2.24) is 10.1 Å². The van der Waals surface area contributed by atoms with Crippen LogP contribution < -0.4 is 5.73 Å². The lowest BCUT2D eigenvalue weighted by molar-refractivity contribution is -0.173. The Morgan fingerprint density at radius 1 is 1.44 bits per heavy atom. The fraction of sp³-hybridized carbons (Fsp3) is 0.800. The molecule has 5 nitrogen and oxygen atoms in total. The van der Waals surface area contributed by atoms with Gasteiger partial charge in [0.1, 0.15) is 6.61 Å². The van der Waals surface area contributed by atoms with Crippen LogP contribution in [-0.4, -0.2) is 36.1 Å². The second-order valence-electron chi connectivity index (χ2n) is 3.95. The number of hydrogen-bond donors (Lipinski definition) is 1. The highest BCUT2D eigenvalue weighted by atomic mass is 19.4. The zero-order valence-corrected chi connectivity index (χ0v) is 10.0. The monoisotopic (exact) mass is 267 g/mol. The summed E-state index contributed by atoms with van der Waals surface area (Å²) in [5.41, 5.74) is 5.40. The van der Waals surface area contributed by atoms with Gasteiger partial charge in [-0.05, 0) is 13.0 Å². The van der Waals surface area contributed by atoms with Crippen LogP contribution >= 0.6 is 0 Å². The smallest absolute Gasteiger partial charge is 0.372 e. The highest BCUT2D eigenvalue weighted by molar-refractivity contribution is 4.92. The Balaban J connectivity index is 2.31. The lowest BCUT2D eigenvalue weighted by Gasteiger charge is -2.05. The Kier molecular flexibility index (Phi) is 5.54. The van der Waals surface area contributed by atoms with Gasteiger partial charge in [-0.3, -0.25) is 0 Å². The number of nitrogens with zero attached hydrogens (tertiary/aromatic N) is 2. The fourth-order valence-corrected chi connectivity index (χ4v) is 1.29. The molecule has 2 N–H and O–H groups in total. The molecule has 0 aliphatic carbocycles. The van der Waals surface area contributed by atoms with E-state index in [0.29, 0.717) is 24.7 Å². The van der Waals surface area contributed by atoms with E-state index in [-0.39, 0.29) is 18.9 Å². The Morgan fingerprint density at radius 2 is 2.17 bits per heavy atom. The number of nitrogens with two attached hydrogens (primary N) is 1. The quantitative estimate of drug-likeness (QED) is 0.760. The normalized spacial score (nSPS) is 13.8. The summed E-state index contributed by atoms with van der Waals surface area (Å²) in [6.07, 6.45) is -3.40. The maximum Gasteiger partial charge on any atom is 0.411 e. The minimum Gasteiger partial charge on any atom is -0.372 e. The Labute approximate surface area is 102 Å². The van der Waals surface area contributed by atoms with E-state index in [2.05, 4.69) is 14.9 Å². The molecule has 0 aliphatic rings. The molecule has 0 radical (unpaired) electrons. The number of aromatic nitrogens is 2. The summed E-state index contributed by atoms with van der Waals surface area (Å²) in [5, 5.41) is 3.67. The summed E-state index contributed by atoms with van der Waals surface area (Å²) in [6.45, 7) is 1.04. The summed E-state index contributed by atoms with van der Waals surface area (Å²) < 4.78 is 44.8. The standard InChI is InChI=1S/C10H16F3N3O2/c1-7(2-4-14)9-15-8(16-18-9)3-5-17-6-10(11,12)13/h7H,2-6,14H2,1H3. The van der Waals surface area contributed by atoms with Gasteiger partial charge in [0.25, 0.3) is 0 Å². The molecular formula is C10H16F3N3O2. The SMILES string of the molecule is CC(CCN)c1nc(CCOCC(F)(F)F)no1. The zero-order chi connectivity index (χ0) is 13.6. The molecular weight excluding hydrogens is 251 g/mol. The second kappa shape index (κ2) is 6.69. The number of halogens is 3. The highest BCUT2D eigenvalue weighted by Crippen LogP contribution is 2.16. The van der Waals surface area contributed by atoms with E-state index in [9.17, 15) is 13.2 Å². The van der Waals surface area contributed by atoms with Gasteiger partial charge in [-0.15, -0.1) is 0 Å². The average molecular weight is 267 g/mol. The van der Waals surface area contributed by atoms with Crippen LogP contribution in [0.25, 0.3) is 0 Å². The third-order valence-electron chi connectivity index (χ3n) is 2.24. The molecule has 0 amide bonds. The maximum atomic E-state index is 11.8. The van der Waals surface area contributed by atoms with Crippen molar-refractivity contribution in [3.05, 3.63) is 11.7 Å². The summed E-state index contributed by atoms with van der Waals surface area (Å²) in [7, 11) is 0. The first-order valence-corrected chi connectivity index (χ1v) is 5.59. The van der Waals surface area contributed by atoms with E-state index >= 15 is 0 Å². The van der Waals surface area contributed by atoms with E-state index < -0.39 is 12.8 Å². The summed E-state index contributed by atoms with van der Waals surface area (Å²) >= 11 is 0. The molecule has 1 aromatic rings. The Hall–Kier alpha value is -1.15. The average Bonchev–Trinajstić information content (AvgIpc) is 2.72. The topological polar surface area (TPSA) is 74.2 Å². The molecule has 18 heavy (non-hydrogen) atoms. The first-order valence-electron chi connectivity index (χ1n) is 5.59. The lowest BCUT2D eigenvalue weighted by atomic mass is 10.1. The van der Waals surface area contributed by atoms with Gasteiger partial charge < -0.3 is 15.0 Å². The molecule has 0 saturated carbocycles. The van der Waals surface area contributed by atoms with Gasteiger partial charge in [-0.2, -0.15) is 18.2 Å². The van der Waals surface area contributed by atoms with Crippen LogP contribution in [0.1, 0.15) is 31.0 Å². The third kappa shape index (κ3) is 5.46.